The van der Waals surface area contributed by atoms with Crippen molar-refractivity contribution in [2.75, 3.05) is 5.75 Å². The molecule has 1 atom stereocenters. The van der Waals surface area contributed by atoms with Crippen LogP contribution in [0.25, 0.3) is 0 Å². The molecule has 0 saturated carbocycles. The summed E-state index contributed by atoms with van der Waals surface area (Å²) < 4.78 is 2.00. The van der Waals surface area contributed by atoms with E-state index in [1.807, 2.05) is 53.1 Å². The molecule has 0 aliphatic rings. The van der Waals surface area contributed by atoms with Crippen molar-refractivity contribution in [3.8, 4) is 0 Å². The van der Waals surface area contributed by atoms with Crippen LogP contribution in [0.2, 0.25) is 0 Å². The maximum absolute atomic E-state index is 12.3. The lowest BCUT2D eigenvalue weighted by Crippen LogP contribution is -2.12. The number of imidazole rings is 1. The summed E-state index contributed by atoms with van der Waals surface area (Å²) in [6.45, 7) is 1.98. The van der Waals surface area contributed by atoms with Gasteiger partial charge in [-0.3, -0.25) is 4.79 Å². The average molecular weight is 352 g/mol. The van der Waals surface area contributed by atoms with Crippen LogP contribution in [-0.4, -0.2) is 26.2 Å². The van der Waals surface area contributed by atoms with Gasteiger partial charge in [-0.25, -0.2) is 4.98 Å². The highest BCUT2D eigenvalue weighted by Gasteiger charge is 2.18. The summed E-state index contributed by atoms with van der Waals surface area (Å²) in [4.78, 5) is 16.8. The fourth-order valence-corrected chi connectivity index (χ4v) is 3.70. The van der Waals surface area contributed by atoms with Crippen LogP contribution in [-0.2, 0) is 6.61 Å². The Balaban J connectivity index is 1.80. The first kappa shape index (κ1) is 17.5. The zero-order chi connectivity index (χ0) is 17.6. The van der Waals surface area contributed by atoms with Crippen molar-refractivity contribution in [1.82, 2.24) is 9.55 Å². The van der Waals surface area contributed by atoms with E-state index in [1.165, 1.54) is 11.8 Å². The van der Waals surface area contributed by atoms with Gasteiger partial charge in [0.1, 0.15) is 0 Å². The molecule has 5 heteroatoms. The first-order chi connectivity index (χ1) is 12.2. The summed E-state index contributed by atoms with van der Waals surface area (Å²) in [5, 5.41) is 10.4. The minimum absolute atomic E-state index is 0.0279. The number of thioether (sulfide) groups is 1. The van der Waals surface area contributed by atoms with E-state index in [4.69, 9.17) is 0 Å². The van der Waals surface area contributed by atoms with Crippen LogP contribution < -0.4 is 0 Å². The Labute approximate surface area is 151 Å². The third-order valence-corrected chi connectivity index (χ3v) is 5.07. The normalized spacial score (nSPS) is 12.1. The van der Waals surface area contributed by atoms with Crippen molar-refractivity contribution in [2.45, 2.75) is 24.7 Å². The van der Waals surface area contributed by atoms with Crippen LogP contribution in [0, 0.1) is 0 Å². The lowest BCUT2D eigenvalue weighted by Gasteiger charge is -2.19. The van der Waals surface area contributed by atoms with Gasteiger partial charge >= 0.3 is 0 Å². The zero-order valence-electron chi connectivity index (χ0n) is 14.0. The number of carbonyl (C=O) groups is 1. The van der Waals surface area contributed by atoms with Gasteiger partial charge in [0.25, 0.3) is 0 Å². The van der Waals surface area contributed by atoms with E-state index >= 15 is 0 Å². The number of nitrogens with zero attached hydrogens (tertiary/aromatic N) is 2. The van der Waals surface area contributed by atoms with Gasteiger partial charge in [0, 0.05) is 5.56 Å². The molecule has 0 spiro atoms. The Hall–Kier alpha value is -2.37. The van der Waals surface area contributed by atoms with E-state index in [1.54, 1.807) is 6.20 Å². The highest BCUT2D eigenvalue weighted by atomic mass is 32.2. The standard InChI is InChI=1S/C20H20N2O2S/c1-15(16-8-4-2-5-9-16)22-18(13-23)12-21-20(22)25-14-19(24)17-10-6-3-7-11-17/h2-12,15,23H,13-14H2,1H3. The zero-order valence-corrected chi connectivity index (χ0v) is 14.8. The lowest BCUT2D eigenvalue weighted by atomic mass is 10.1. The molecule has 2 aromatic carbocycles. The number of Topliss-reactive ketones (excluding diaryl/α,β-unsaturated/α-hetero) is 1. The molecule has 0 saturated heterocycles. The molecule has 3 rings (SSSR count). The van der Waals surface area contributed by atoms with Crippen molar-refractivity contribution in [2.24, 2.45) is 0 Å². The number of hydrogen-bond donors (Lipinski definition) is 1. The van der Waals surface area contributed by atoms with Gasteiger partial charge in [0.15, 0.2) is 10.9 Å². The number of rotatable bonds is 7. The van der Waals surface area contributed by atoms with Gasteiger partial charge < -0.3 is 9.67 Å². The SMILES string of the molecule is CC(c1ccccc1)n1c(CO)cnc1SCC(=O)c1ccccc1. The summed E-state index contributed by atoms with van der Waals surface area (Å²) in [6.07, 6.45) is 1.68. The number of aliphatic hydroxyl groups is 1. The quantitative estimate of drug-likeness (QED) is 0.516. The molecule has 0 fully saturated rings. The number of aromatic nitrogens is 2. The number of ketones is 1. The van der Waals surface area contributed by atoms with Gasteiger partial charge in [-0.05, 0) is 12.5 Å². The summed E-state index contributed by atoms with van der Waals surface area (Å²) in [7, 11) is 0. The van der Waals surface area contributed by atoms with Gasteiger partial charge in [0.2, 0.25) is 0 Å². The minimum atomic E-state index is -0.0859. The molecule has 1 unspecified atom stereocenters. The molecule has 25 heavy (non-hydrogen) atoms. The monoisotopic (exact) mass is 352 g/mol. The topological polar surface area (TPSA) is 55.1 Å². The summed E-state index contributed by atoms with van der Waals surface area (Å²) in [5.74, 6) is 0.381. The molecule has 3 aromatic rings. The maximum atomic E-state index is 12.3. The minimum Gasteiger partial charge on any atom is -0.390 e. The number of hydrogen-bond acceptors (Lipinski definition) is 4. The Morgan fingerprint density at radius 2 is 1.76 bits per heavy atom. The van der Waals surface area contributed by atoms with Crippen LogP contribution in [0.1, 0.15) is 34.6 Å². The molecule has 0 radical (unpaired) electrons. The van der Waals surface area contributed by atoms with Gasteiger partial charge in [0.05, 0.1) is 30.3 Å². The third kappa shape index (κ3) is 4.00. The van der Waals surface area contributed by atoms with Crippen LogP contribution in [0.3, 0.4) is 0 Å². The Bertz CT molecular complexity index is 831. The fourth-order valence-electron chi connectivity index (χ4n) is 2.73. The van der Waals surface area contributed by atoms with Gasteiger partial charge in [-0.1, -0.05) is 72.4 Å². The fraction of sp³-hybridized carbons (Fsp3) is 0.200. The van der Waals surface area contributed by atoms with E-state index in [0.29, 0.717) is 11.3 Å². The summed E-state index contributed by atoms with van der Waals surface area (Å²) >= 11 is 1.40. The van der Waals surface area contributed by atoms with E-state index in [2.05, 4.69) is 24.0 Å². The van der Waals surface area contributed by atoms with E-state index in [9.17, 15) is 9.90 Å². The Morgan fingerprint density at radius 3 is 2.40 bits per heavy atom. The van der Waals surface area contributed by atoms with Crippen molar-refractivity contribution in [3.63, 3.8) is 0 Å². The van der Waals surface area contributed by atoms with Gasteiger partial charge in [-0.15, -0.1) is 0 Å². The van der Waals surface area contributed by atoms with Crippen LogP contribution in [0.5, 0.6) is 0 Å². The Morgan fingerprint density at radius 1 is 1.12 bits per heavy atom. The summed E-state index contributed by atoms with van der Waals surface area (Å²) in [5.41, 5.74) is 2.57. The first-order valence-electron chi connectivity index (χ1n) is 8.13. The lowest BCUT2D eigenvalue weighted by molar-refractivity contribution is 0.102. The molecule has 1 aromatic heterocycles. The second kappa shape index (κ2) is 8.14. The molecular formula is C20H20N2O2S. The van der Waals surface area contributed by atoms with Crippen molar-refractivity contribution in [3.05, 3.63) is 83.7 Å². The van der Waals surface area contributed by atoms with Gasteiger partial charge in [-0.2, -0.15) is 0 Å². The second-order valence-electron chi connectivity index (χ2n) is 5.72. The predicted molar refractivity (Wildman–Crippen MR) is 99.9 cm³/mol. The molecule has 0 bridgehead atoms. The third-order valence-electron chi connectivity index (χ3n) is 4.10. The maximum Gasteiger partial charge on any atom is 0.173 e. The molecule has 1 N–H and O–H groups in total. The van der Waals surface area contributed by atoms with E-state index in [-0.39, 0.29) is 18.4 Å². The Kier molecular flexibility index (Phi) is 5.68. The molecule has 128 valence electrons. The van der Waals surface area contributed by atoms with Crippen LogP contribution in [0.4, 0.5) is 0 Å². The van der Waals surface area contributed by atoms with Crippen molar-refractivity contribution in [1.29, 1.82) is 0 Å². The summed E-state index contributed by atoms with van der Waals surface area (Å²) in [6, 6.07) is 19.4. The first-order valence-corrected chi connectivity index (χ1v) is 9.12. The average Bonchev–Trinajstić information content (AvgIpc) is 3.09. The van der Waals surface area contributed by atoms with Crippen molar-refractivity contribution < 1.29 is 9.90 Å². The number of carbonyl (C=O) groups excluding carboxylic acids is 1. The number of benzene rings is 2. The van der Waals surface area contributed by atoms with E-state index in [0.717, 1.165) is 16.4 Å². The molecule has 0 aliphatic heterocycles. The van der Waals surface area contributed by atoms with Crippen LogP contribution >= 0.6 is 11.8 Å². The van der Waals surface area contributed by atoms with Crippen molar-refractivity contribution >= 4 is 17.5 Å². The smallest absolute Gasteiger partial charge is 0.173 e. The second-order valence-corrected chi connectivity index (χ2v) is 6.67. The number of aliphatic hydroxyl groups excluding tert-OH is 1. The van der Waals surface area contributed by atoms with E-state index < -0.39 is 0 Å². The largest absolute Gasteiger partial charge is 0.390 e. The molecular weight excluding hydrogens is 332 g/mol. The molecule has 4 nitrogen and oxygen atoms in total. The highest BCUT2D eigenvalue weighted by molar-refractivity contribution is 7.99. The predicted octanol–water partition coefficient (Wildman–Crippen LogP) is 3.96. The van der Waals surface area contributed by atoms with Crippen LogP contribution in [0.15, 0.2) is 72.0 Å². The molecule has 0 amide bonds. The molecule has 1 heterocycles. The molecule has 0 aliphatic carbocycles. The highest BCUT2D eigenvalue weighted by Crippen LogP contribution is 2.28.